The normalized spacial score (nSPS) is 10.9. The number of aryl methyl sites for hydroxylation is 3. The minimum absolute atomic E-state index is 0.892. The van der Waals surface area contributed by atoms with E-state index < -0.39 is 0 Å². The van der Waals surface area contributed by atoms with Crippen LogP contribution in [0, 0.1) is 20.8 Å². The number of hydrogen-bond donors (Lipinski definition) is 0. The maximum atomic E-state index is 6.26. The van der Waals surface area contributed by atoms with E-state index in [0.717, 1.165) is 32.5 Å². The van der Waals surface area contributed by atoms with Crippen molar-refractivity contribution >= 4 is 15.9 Å². The van der Waals surface area contributed by atoms with Gasteiger partial charge in [0, 0.05) is 21.2 Å². The minimum Gasteiger partial charge on any atom is -0.495 e. The first kappa shape index (κ1) is 24.1. The molecule has 178 valence electrons. The molecular weight excluding hydrogens is 504 g/mol. The first-order valence-corrected chi connectivity index (χ1v) is 13.0. The summed E-state index contributed by atoms with van der Waals surface area (Å²) >= 11 is 3.61. The van der Waals surface area contributed by atoms with Crippen molar-refractivity contribution in [2.45, 2.75) is 20.8 Å². The van der Waals surface area contributed by atoms with Crippen molar-refractivity contribution in [2.75, 3.05) is 7.11 Å². The molecule has 0 amide bonds. The van der Waals surface area contributed by atoms with E-state index in [1.807, 2.05) is 0 Å². The van der Waals surface area contributed by atoms with E-state index >= 15 is 0 Å². The average molecular weight is 534 g/mol. The summed E-state index contributed by atoms with van der Waals surface area (Å²) < 4.78 is 7.32. The third-order valence-corrected chi connectivity index (χ3v) is 7.25. The smallest absolute Gasteiger partial charge is 0.135 e. The van der Waals surface area contributed by atoms with Gasteiger partial charge in [-0.2, -0.15) is 0 Å². The highest BCUT2D eigenvalue weighted by Gasteiger charge is 2.24. The van der Waals surface area contributed by atoms with Gasteiger partial charge in [0.25, 0.3) is 0 Å². The summed E-state index contributed by atoms with van der Waals surface area (Å²) in [6.07, 6.45) is 0. The Morgan fingerprint density at radius 3 is 1.86 bits per heavy atom. The van der Waals surface area contributed by atoms with Gasteiger partial charge in [0.15, 0.2) is 0 Å². The maximum Gasteiger partial charge on any atom is 0.135 e. The monoisotopic (exact) mass is 532 g/mol. The van der Waals surface area contributed by atoms with Gasteiger partial charge in [-0.3, -0.25) is 0 Å². The summed E-state index contributed by atoms with van der Waals surface area (Å²) in [5.74, 6) is 0.892. The molecule has 0 fully saturated rings. The first-order chi connectivity index (χ1) is 17.5. The van der Waals surface area contributed by atoms with E-state index in [0.29, 0.717) is 0 Å². The Morgan fingerprint density at radius 1 is 0.528 bits per heavy atom. The molecule has 0 aromatic heterocycles. The van der Waals surface area contributed by atoms with Crippen LogP contribution in [0.1, 0.15) is 16.7 Å². The molecule has 0 radical (unpaired) electrons. The third kappa shape index (κ3) is 4.62. The van der Waals surface area contributed by atoms with E-state index in [2.05, 4.69) is 140 Å². The fourth-order valence-electron chi connectivity index (χ4n) is 4.89. The lowest BCUT2D eigenvalue weighted by atomic mass is 9.82. The van der Waals surface area contributed by atoms with Gasteiger partial charge in [0.2, 0.25) is 0 Å². The zero-order valence-electron chi connectivity index (χ0n) is 21.1. The third-order valence-electron chi connectivity index (χ3n) is 6.72. The highest BCUT2D eigenvalue weighted by Crippen LogP contribution is 2.50. The Balaban J connectivity index is 1.98. The molecule has 0 unspecified atom stereocenters. The SMILES string of the molecule is COc1c(-c2ccc(C)cc2)cc(-c2ccc(Br)cc2)c(-c2ccccc2C)c1-c1cccc(C)c1. The number of methoxy groups -OCH3 is 1. The fraction of sp³-hybridized carbons (Fsp3) is 0.118. The van der Waals surface area contributed by atoms with E-state index in [1.54, 1.807) is 7.11 Å². The zero-order chi connectivity index (χ0) is 25.2. The summed E-state index contributed by atoms with van der Waals surface area (Å²) in [6, 6.07) is 36.9. The summed E-state index contributed by atoms with van der Waals surface area (Å²) in [7, 11) is 1.78. The molecule has 1 nitrogen and oxygen atoms in total. The molecule has 36 heavy (non-hydrogen) atoms. The molecule has 0 saturated heterocycles. The molecule has 5 aromatic carbocycles. The van der Waals surface area contributed by atoms with E-state index in [-0.39, 0.29) is 0 Å². The highest BCUT2D eigenvalue weighted by molar-refractivity contribution is 9.10. The Bertz CT molecular complexity index is 1530. The summed E-state index contributed by atoms with van der Waals surface area (Å²) in [4.78, 5) is 0. The topological polar surface area (TPSA) is 9.23 Å². The van der Waals surface area contributed by atoms with Crippen LogP contribution in [0.2, 0.25) is 0 Å². The van der Waals surface area contributed by atoms with Crippen LogP contribution in [0.4, 0.5) is 0 Å². The van der Waals surface area contributed by atoms with Crippen molar-refractivity contribution in [1.29, 1.82) is 0 Å². The van der Waals surface area contributed by atoms with Crippen LogP contribution in [0.15, 0.2) is 108 Å². The van der Waals surface area contributed by atoms with Gasteiger partial charge in [-0.25, -0.2) is 0 Å². The van der Waals surface area contributed by atoms with Crippen LogP contribution in [-0.4, -0.2) is 7.11 Å². The van der Waals surface area contributed by atoms with Crippen molar-refractivity contribution in [3.8, 4) is 50.3 Å². The zero-order valence-corrected chi connectivity index (χ0v) is 22.7. The van der Waals surface area contributed by atoms with Crippen molar-refractivity contribution in [3.63, 3.8) is 0 Å². The lowest BCUT2D eigenvalue weighted by Crippen LogP contribution is -1.99. The summed E-state index contributed by atoms with van der Waals surface area (Å²) in [6.45, 7) is 6.44. The first-order valence-electron chi connectivity index (χ1n) is 12.2. The van der Waals surface area contributed by atoms with E-state index in [4.69, 9.17) is 4.74 Å². The predicted octanol–water partition coefficient (Wildman–Crippen LogP) is 10.1. The number of hydrogen-bond acceptors (Lipinski definition) is 1. The predicted molar refractivity (Wildman–Crippen MR) is 157 cm³/mol. The molecular formula is C34H29BrO. The minimum atomic E-state index is 0.892. The van der Waals surface area contributed by atoms with Gasteiger partial charge in [-0.05, 0) is 72.4 Å². The Labute approximate surface area is 222 Å². The molecule has 5 aromatic rings. The largest absolute Gasteiger partial charge is 0.495 e. The van der Waals surface area contributed by atoms with Crippen LogP contribution >= 0.6 is 15.9 Å². The molecule has 0 spiro atoms. The van der Waals surface area contributed by atoms with Crippen LogP contribution in [0.25, 0.3) is 44.5 Å². The van der Waals surface area contributed by atoms with Gasteiger partial charge in [0.05, 0.1) is 7.11 Å². The quantitative estimate of drug-likeness (QED) is 0.218. The van der Waals surface area contributed by atoms with Gasteiger partial charge in [0.1, 0.15) is 5.75 Å². The molecule has 0 bridgehead atoms. The standard InChI is InChI=1S/C34H29BrO/c1-22-12-14-26(15-13-22)31-21-30(25-16-18-28(35)19-17-25)33(29-11-6-5-9-24(29)3)32(34(31)36-4)27-10-7-8-23(2)20-27/h5-21H,1-4H3. The lowest BCUT2D eigenvalue weighted by molar-refractivity contribution is 0.418. The van der Waals surface area contributed by atoms with Gasteiger partial charge < -0.3 is 4.74 Å². The van der Waals surface area contributed by atoms with E-state index in [1.165, 1.54) is 38.9 Å². The average Bonchev–Trinajstić information content (AvgIpc) is 2.89. The van der Waals surface area contributed by atoms with Crippen molar-refractivity contribution in [3.05, 3.63) is 124 Å². The second kappa shape index (κ2) is 10.2. The van der Waals surface area contributed by atoms with Gasteiger partial charge in [-0.15, -0.1) is 0 Å². The maximum absolute atomic E-state index is 6.26. The molecule has 0 saturated carbocycles. The second-order valence-corrected chi connectivity index (χ2v) is 10.2. The number of ether oxygens (including phenoxy) is 1. The van der Waals surface area contributed by atoms with Crippen LogP contribution < -0.4 is 4.74 Å². The Morgan fingerprint density at radius 2 is 1.19 bits per heavy atom. The van der Waals surface area contributed by atoms with Crippen molar-refractivity contribution in [2.24, 2.45) is 0 Å². The van der Waals surface area contributed by atoms with Crippen LogP contribution in [-0.2, 0) is 0 Å². The lowest BCUT2D eigenvalue weighted by Gasteiger charge is -2.24. The molecule has 0 atom stereocenters. The molecule has 0 heterocycles. The van der Waals surface area contributed by atoms with Crippen LogP contribution in [0.3, 0.4) is 0 Å². The number of rotatable bonds is 5. The molecule has 5 rings (SSSR count). The van der Waals surface area contributed by atoms with Crippen molar-refractivity contribution in [1.82, 2.24) is 0 Å². The Kier molecular flexibility index (Phi) is 6.80. The van der Waals surface area contributed by atoms with Crippen LogP contribution in [0.5, 0.6) is 5.75 Å². The van der Waals surface area contributed by atoms with E-state index in [9.17, 15) is 0 Å². The number of benzene rings is 5. The fourth-order valence-corrected chi connectivity index (χ4v) is 5.16. The second-order valence-electron chi connectivity index (χ2n) is 9.31. The molecule has 2 heteroatoms. The number of halogens is 1. The molecule has 0 aliphatic heterocycles. The summed E-state index contributed by atoms with van der Waals surface area (Å²) in [5.41, 5.74) is 12.9. The van der Waals surface area contributed by atoms with Crippen molar-refractivity contribution < 1.29 is 4.74 Å². The summed E-state index contributed by atoms with van der Waals surface area (Å²) in [5, 5.41) is 0. The highest BCUT2D eigenvalue weighted by atomic mass is 79.9. The van der Waals surface area contributed by atoms with Gasteiger partial charge >= 0.3 is 0 Å². The van der Waals surface area contributed by atoms with Gasteiger partial charge in [-0.1, -0.05) is 112 Å². The molecule has 0 aliphatic rings. The molecule has 0 N–H and O–H groups in total. The Hall–Kier alpha value is -3.62. The molecule has 0 aliphatic carbocycles.